The van der Waals surface area contributed by atoms with Gasteiger partial charge in [0, 0.05) is 30.1 Å². The van der Waals surface area contributed by atoms with Crippen LogP contribution in [0, 0.1) is 0 Å². The van der Waals surface area contributed by atoms with E-state index in [9.17, 15) is 9.59 Å². The van der Waals surface area contributed by atoms with Gasteiger partial charge in [0.1, 0.15) is 5.69 Å². The molecule has 0 bridgehead atoms. The maximum Gasteiger partial charge on any atom is 0.271 e. The molecule has 3 rings (SSSR count). The third-order valence-electron chi connectivity index (χ3n) is 4.44. The molecule has 0 spiro atoms. The van der Waals surface area contributed by atoms with E-state index < -0.39 is 0 Å². The summed E-state index contributed by atoms with van der Waals surface area (Å²) in [5.41, 5.74) is 1.61. The van der Waals surface area contributed by atoms with Crippen molar-refractivity contribution in [2.24, 2.45) is 0 Å². The van der Waals surface area contributed by atoms with Crippen molar-refractivity contribution in [3.63, 3.8) is 0 Å². The first-order valence-electron chi connectivity index (χ1n) is 9.45. The number of furan rings is 1. The molecule has 1 unspecified atom stereocenters. The molecule has 0 aliphatic heterocycles. The topological polar surface area (TPSA) is 89.2 Å². The first-order valence-corrected chi connectivity index (χ1v) is 9.83. The maximum atomic E-state index is 12.6. The number of hydrogen-bond donors (Lipinski definition) is 2. The average molecular weight is 415 g/mol. The molecule has 0 fully saturated rings. The molecule has 1 aromatic carbocycles. The van der Waals surface area contributed by atoms with Gasteiger partial charge in [0.15, 0.2) is 11.5 Å². The minimum absolute atomic E-state index is 0.0948. The fraction of sp³-hybridized carbons (Fsp3) is 0.286. The van der Waals surface area contributed by atoms with Gasteiger partial charge in [-0.2, -0.15) is 5.10 Å². The van der Waals surface area contributed by atoms with Crippen LogP contribution in [0.4, 0.5) is 0 Å². The minimum atomic E-state index is -0.359. The minimum Gasteiger partial charge on any atom is -0.463 e. The predicted molar refractivity (Wildman–Crippen MR) is 111 cm³/mol. The van der Waals surface area contributed by atoms with Crippen molar-refractivity contribution in [2.75, 3.05) is 6.54 Å². The van der Waals surface area contributed by atoms with Crippen molar-refractivity contribution in [3.8, 4) is 17.1 Å². The first-order chi connectivity index (χ1) is 14.0. The van der Waals surface area contributed by atoms with Gasteiger partial charge in [-0.15, -0.1) is 0 Å². The van der Waals surface area contributed by atoms with Gasteiger partial charge in [0.05, 0.1) is 12.0 Å². The Kier molecular flexibility index (Phi) is 6.72. The molecule has 2 heterocycles. The van der Waals surface area contributed by atoms with Crippen molar-refractivity contribution in [2.45, 2.75) is 32.7 Å². The van der Waals surface area contributed by atoms with Crippen molar-refractivity contribution in [3.05, 3.63) is 59.4 Å². The zero-order valence-electron chi connectivity index (χ0n) is 16.3. The van der Waals surface area contributed by atoms with Gasteiger partial charge >= 0.3 is 0 Å². The number of benzene rings is 1. The molecule has 0 saturated heterocycles. The van der Waals surface area contributed by atoms with Gasteiger partial charge in [0.2, 0.25) is 5.91 Å². The van der Waals surface area contributed by atoms with E-state index in [1.807, 2.05) is 26.0 Å². The van der Waals surface area contributed by atoms with Crippen LogP contribution in [-0.2, 0) is 4.79 Å². The Labute approximate surface area is 174 Å². The maximum absolute atomic E-state index is 12.6. The highest BCUT2D eigenvalue weighted by Crippen LogP contribution is 2.25. The third-order valence-corrected chi connectivity index (χ3v) is 4.70. The molecule has 8 heteroatoms. The largest absolute Gasteiger partial charge is 0.463 e. The van der Waals surface area contributed by atoms with Crippen LogP contribution in [0.5, 0.6) is 0 Å². The van der Waals surface area contributed by atoms with E-state index in [4.69, 9.17) is 16.0 Å². The smallest absolute Gasteiger partial charge is 0.271 e. The molecule has 2 amide bonds. The van der Waals surface area contributed by atoms with Crippen molar-refractivity contribution in [1.29, 1.82) is 0 Å². The van der Waals surface area contributed by atoms with Crippen LogP contribution >= 0.6 is 11.6 Å². The quantitative estimate of drug-likeness (QED) is 0.586. The van der Waals surface area contributed by atoms with Crippen molar-refractivity contribution in [1.82, 2.24) is 20.4 Å². The van der Waals surface area contributed by atoms with Gasteiger partial charge in [-0.1, -0.05) is 18.5 Å². The lowest BCUT2D eigenvalue weighted by Gasteiger charge is -2.11. The fourth-order valence-corrected chi connectivity index (χ4v) is 2.83. The Hall–Kier alpha value is -3.06. The number of nitrogens with one attached hydrogen (secondary N) is 2. The molecule has 2 aromatic heterocycles. The fourth-order valence-electron chi connectivity index (χ4n) is 2.70. The SMILES string of the molecule is CCC(C)NC(=O)CCNC(=O)c1cc(-c2ccco2)n(-c2ccc(Cl)cc2)n1. The second-order valence-corrected chi connectivity index (χ2v) is 7.10. The molecule has 7 nitrogen and oxygen atoms in total. The monoisotopic (exact) mass is 414 g/mol. The molecular weight excluding hydrogens is 392 g/mol. The van der Waals surface area contributed by atoms with Crippen LogP contribution in [0.2, 0.25) is 5.02 Å². The highest BCUT2D eigenvalue weighted by molar-refractivity contribution is 6.30. The normalized spacial score (nSPS) is 11.8. The summed E-state index contributed by atoms with van der Waals surface area (Å²) in [5, 5.41) is 10.6. The Morgan fingerprint density at radius 2 is 2.00 bits per heavy atom. The van der Waals surface area contributed by atoms with Crippen LogP contribution in [0.1, 0.15) is 37.2 Å². The molecule has 152 valence electrons. The van der Waals surface area contributed by atoms with Crippen LogP contribution in [-0.4, -0.2) is 34.2 Å². The average Bonchev–Trinajstić information content (AvgIpc) is 3.38. The lowest BCUT2D eigenvalue weighted by Crippen LogP contribution is -2.35. The standard InChI is InChI=1S/C21H23ClN4O3/c1-3-14(2)24-20(27)10-11-23-21(28)17-13-18(19-5-4-12-29-19)26(25-17)16-8-6-15(22)7-9-16/h4-9,12-14H,3,10-11H2,1-2H3,(H,23,28)(H,24,27). The lowest BCUT2D eigenvalue weighted by atomic mass is 10.2. The molecule has 0 radical (unpaired) electrons. The molecular formula is C21H23ClN4O3. The summed E-state index contributed by atoms with van der Waals surface area (Å²) in [6.07, 6.45) is 2.62. The van der Waals surface area contributed by atoms with E-state index in [2.05, 4.69) is 15.7 Å². The second-order valence-electron chi connectivity index (χ2n) is 6.66. The third kappa shape index (κ3) is 5.26. The number of nitrogens with zero attached hydrogens (tertiary/aromatic N) is 2. The van der Waals surface area contributed by atoms with E-state index in [0.717, 1.165) is 12.1 Å². The zero-order chi connectivity index (χ0) is 20.8. The van der Waals surface area contributed by atoms with Crippen LogP contribution in [0.3, 0.4) is 0 Å². The summed E-state index contributed by atoms with van der Waals surface area (Å²) in [6, 6.07) is 12.5. The number of carbonyl (C=O) groups is 2. The number of aromatic nitrogens is 2. The zero-order valence-corrected chi connectivity index (χ0v) is 17.1. The number of carbonyl (C=O) groups excluding carboxylic acids is 2. The highest BCUT2D eigenvalue weighted by Gasteiger charge is 2.18. The Bertz CT molecular complexity index is 964. The van der Waals surface area contributed by atoms with Gasteiger partial charge in [-0.25, -0.2) is 4.68 Å². The summed E-state index contributed by atoms with van der Waals surface area (Å²) >= 11 is 5.97. The Balaban J connectivity index is 1.74. The van der Waals surface area contributed by atoms with E-state index in [-0.39, 0.29) is 36.5 Å². The van der Waals surface area contributed by atoms with Crippen LogP contribution < -0.4 is 10.6 Å². The molecule has 29 heavy (non-hydrogen) atoms. The van der Waals surface area contributed by atoms with E-state index >= 15 is 0 Å². The van der Waals surface area contributed by atoms with Crippen LogP contribution in [0.15, 0.2) is 53.1 Å². The predicted octanol–water partition coefficient (Wildman–Crippen LogP) is 3.82. The summed E-state index contributed by atoms with van der Waals surface area (Å²) in [6.45, 7) is 4.17. The first kappa shape index (κ1) is 20.7. The van der Waals surface area contributed by atoms with E-state index in [0.29, 0.717) is 16.5 Å². The molecule has 3 aromatic rings. The molecule has 0 saturated carbocycles. The Morgan fingerprint density at radius 3 is 2.66 bits per heavy atom. The molecule has 1 atom stereocenters. The summed E-state index contributed by atoms with van der Waals surface area (Å²) in [4.78, 5) is 24.4. The molecule has 2 N–H and O–H groups in total. The lowest BCUT2D eigenvalue weighted by molar-refractivity contribution is -0.121. The number of hydrogen-bond acceptors (Lipinski definition) is 4. The summed E-state index contributed by atoms with van der Waals surface area (Å²) in [7, 11) is 0. The van der Waals surface area contributed by atoms with Gasteiger partial charge in [0.25, 0.3) is 5.91 Å². The van der Waals surface area contributed by atoms with Crippen LogP contribution in [0.25, 0.3) is 17.1 Å². The summed E-state index contributed by atoms with van der Waals surface area (Å²) < 4.78 is 7.11. The second kappa shape index (κ2) is 9.43. The highest BCUT2D eigenvalue weighted by atomic mass is 35.5. The van der Waals surface area contributed by atoms with Gasteiger partial charge < -0.3 is 15.1 Å². The van der Waals surface area contributed by atoms with Crippen molar-refractivity contribution >= 4 is 23.4 Å². The Morgan fingerprint density at radius 1 is 1.24 bits per heavy atom. The van der Waals surface area contributed by atoms with Gasteiger partial charge in [-0.3, -0.25) is 9.59 Å². The van der Waals surface area contributed by atoms with E-state index in [1.54, 1.807) is 41.3 Å². The molecule has 0 aliphatic rings. The van der Waals surface area contributed by atoms with Crippen molar-refractivity contribution < 1.29 is 14.0 Å². The summed E-state index contributed by atoms with van der Waals surface area (Å²) in [5.74, 6) is 0.129. The van der Waals surface area contributed by atoms with E-state index in [1.165, 1.54) is 0 Å². The number of rotatable bonds is 8. The molecule has 0 aliphatic carbocycles. The number of amides is 2. The number of halogens is 1. The van der Waals surface area contributed by atoms with Gasteiger partial charge in [-0.05, 0) is 49.7 Å².